The molecule has 2 amide bonds. The van der Waals surface area contributed by atoms with E-state index in [0.717, 1.165) is 49.1 Å². The highest BCUT2D eigenvalue weighted by molar-refractivity contribution is 7.10. The predicted molar refractivity (Wildman–Crippen MR) is 133 cm³/mol. The smallest absolute Gasteiger partial charge is 0.351 e. The van der Waals surface area contributed by atoms with Crippen LogP contribution < -0.4 is 10.2 Å². The third-order valence-electron chi connectivity index (χ3n) is 6.43. The Morgan fingerprint density at radius 1 is 1.19 bits per heavy atom. The summed E-state index contributed by atoms with van der Waals surface area (Å²) >= 11 is 1.38. The maximum absolute atomic E-state index is 13.8. The van der Waals surface area contributed by atoms with E-state index in [1.807, 2.05) is 5.38 Å². The summed E-state index contributed by atoms with van der Waals surface area (Å²) in [6, 6.07) is 6.97. The van der Waals surface area contributed by atoms with Crippen molar-refractivity contribution in [2.75, 3.05) is 4.90 Å². The quantitative estimate of drug-likeness (QED) is 0.444. The van der Waals surface area contributed by atoms with Crippen molar-refractivity contribution in [3.05, 3.63) is 69.7 Å². The SMILES string of the molecule is Cc1nn(C)cc1C(C(=O)NC1CCCCC1)N(C(=O)Cc1cccs1)c1cccc(C(F)(F)F)c1. The molecule has 1 unspecified atom stereocenters. The van der Waals surface area contributed by atoms with Crippen molar-refractivity contribution in [2.45, 2.75) is 63.7 Å². The van der Waals surface area contributed by atoms with Gasteiger partial charge in [0.25, 0.3) is 0 Å². The lowest BCUT2D eigenvalue weighted by Crippen LogP contribution is -2.48. The van der Waals surface area contributed by atoms with Crippen LogP contribution in [0.4, 0.5) is 18.9 Å². The highest BCUT2D eigenvalue weighted by Gasteiger charge is 2.38. The Morgan fingerprint density at radius 3 is 2.56 bits per heavy atom. The number of nitrogens with zero attached hydrogens (tertiary/aromatic N) is 3. The van der Waals surface area contributed by atoms with Crippen molar-refractivity contribution >= 4 is 28.8 Å². The summed E-state index contributed by atoms with van der Waals surface area (Å²) in [4.78, 5) is 29.5. The number of carbonyl (C=O) groups excluding carboxylic acids is 2. The minimum absolute atomic E-state index is 0.0124. The second-order valence-electron chi connectivity index (χ2n) is 9.16. The molecule has 192 valence electrons. The van der Waals surface area contributed by atoms with Crippen LogP contribution in [0.15, 0.2) is 48.0 Å². The molecule has 0 spiro atoms. The van der Waals surface area contributed by atoms with E-state index in [4.69, 9.17) is 0 Å². The first kappa shape index (κ1) is 25.9. The van der Waals surface area contributed by atoms with Crippen LogP contribution in [-0.2, 0) is 29.2 Å². The van der Waals surface area contributed by atoms with Gasteiger partial charge in [-0.25, -0.2) is 0 Å². The van der Waals surface area contributed by atoms with Gasteiger partial charge in [-0.3, -0.25) is 19.2 Å². The molecular formula is C26H29F3N4O2S. The number of hydrogen-bond donors (Lipinski definition) is 1. The van der Waals surface area contributed by atoms with Crippen molar-refractivity contribution in [3.8, 4) is 0 Å². The molecule has 0 saturated heterocycles. The number of anilines is 1. The Kier molecular flexibility index (Phi) is 7.82. The van der Waals surface area contributed by atoms with Gasteiger partial charge >= 0.3 is 6.18 Å². The van der Waals surface area contributed by atoms with Crippen LogP contribution in [0.25, 0.3) is 0 Å². The molecule has 0 radical (unpaired) electrons. The van der Waals surface area contributed by atoms with E-state index in [0.29, 0.717) is 11.3 Å². The first-order valence-electron chi connectivity index (χ1n) is 12.0. The van der Waals surface area contributed by atoms with Crippen molar-refractivity contribution in [2.24, 2.45) is 7.05 Å². The van der Waals surface area contributed by atoms with Crippen LogP contribution in [0.1, 0.15) is 59.8 Å². The van der Waals surface area contributed by atoms with Crippen LogP contribution in [0.2, 0.25) is 0 Å². The third kappa shape index (κ3) is 5.98. The lowest BCUT2D eigenvalue weighted by Gasteiger charge is -2.33. The van der Waals surface area contributed by atoms with Gasteiger partial charge in [-0.1, -0.05) is 31.4 Å². The predicted octanol–water partition coefficient (Wildman–Crippen LogP) is 5.57. The lowest BCUT2D eigenvalue weighted by molar-refractivity contribution is -0.137. The molecule has 3 aromatic rings. The van der Waals surface area contributed by atoms with Crippen LogP contribution in [0.5, 0.6) is 0 Å². The summed E-state index contributed by atoms with van der Waals surface area (Å²) < 4.78 is 42.3. The van der Waals surface area contributed by atoms with Gasteiger partial charge in [0.1, 0.15) is 6.04 Å². The number of thiophene rings is 1. The standard InChI is InChI=1S/C26H29F3N4O2S/c1-17-22(16-32(2)31-17)24(25(35)30-19-9-4-3-5-10-19)33(23(34)15-21-12-7-13-36-21)20-11-6-8-18(14-20)26(27,28)29/h6-8,11-14,16,19,24H,3-5,9-10,15H2,1-2H3,(H,30,35). The van der Waals surface area contributed by atoms with Gasteiger partial charge in [0.05, 0.1) is 17.7 Å². The maximum atomic E-state index is 13.8. The van der Waals surface area contributed by atoms with E-state index in [2.05, 4.69) is 10.4 Å². The normalized spacial score (nSPS) is 15.5. The molecule has 1 aromatic carbocycles. The number of carbonyl (C=O) groups is 2. The van der Waals surface area contributed by atoms with E-state index in [9.17, 15) is 22.8 Å². The molecule has 1 aliphatic rings. The van der Waals surface area contributed by atoms with Crippen LogP contribution in [0, 0.1) is 6.92 Å². The molecule has 1 aliphatic carbocycles. The molecule has 36 heavy (non-hydrogen) atoms. The number of alkyl halides is 3. The summed E-state index contributed by atoms with van der Waals surface area (Å²) in [6.45, 7) is 1.73. The van der Waals surface area contributed by atoms with Crippen LogP contribution in [-0.4, -0.2) is 27.6 Å². The zero-order valence-electron chi connectivity index (χ0n) is 20.2. The number of hydrogen-bond acceptors (Lipinski definition) is 4. The first-order chi connectivity index (χ1) is 17.1. The van der Waals surface area contributed by atoms with Gasteiger partial charge in [0.2, 0.25) is 11.8 Å². The molecule has 1 N–H and O–H groups in total. The van der Waals surface area contributed by atoms with Crippen molar-refractivity contribution in [1.82, 2.24) is 15.1 Å². The summed E-state index contributed by atoms with van der Waals surface area (Å²) in [5, 5.41) is 9.25. The van der Waals surface area contributed by atoms with Crippen molar-refractivity contribution < 1.29 is 22.8 Å². The number of halogens is 3. The second kappa shape index (κ2) is 10.9. The molecule has 0 aliphatic heterocycles. The highest BCUT2D eigenvalue weighted by atomic mass is 32.1. The minimum Gasteiger partial charge on any atom is -0.351 e. The summed E-state index contributed by atoms with van der Waals surface area (Å²) in [5.41, 5.74) is 0.131. The fourth-order valence-corrected chi connectivity index (χ4v) is 5.42. The first-order valence-corrected chi connectivity index (χ1v) is 12.8. The largest absolute Gasteiger partial charge is 0.416 e. The van der Waals surface area contributed by atoms with Crippen LogP contribution in [0.3, 0.4) is 0 Å². The summed E-state index contributed by atoms with van der Waals surface area (Å²) in [6.07, 6.45) is 1.77. The molecule has 1 fully saturated rings. The molecule has 1 saturated carbocycles. The third-order valence-corrected chi connectivity index (χ3v) is 7.31. The van der Waals surface area contributed by atoms with Gasteiger partial charge in [-0.05, 0) is 49.4 Å². The zero-order chi connectivity index (χ0) is 25.9. The lowest BCUT2D eigenvalue weighted by atomic mass is 9.94. The zero-order valence-corrected chi connectivity index (χ0v) is 21.0. The van der Waals surface area contributed by atoms with Gasteiger partial charge in [0.15, 0.2) is 0 Å². The maximum Gasteiger partial charge on any atom is 0.416 e. The van der Waals surface area contributed by atoms with Gasteiger partial charge in [-0.2, -0.15) is 18.3 Å². The average Bonchev–Trinajstić information content (AvgIpc) is 3.46. The molecule has 1 atom stereocenters. The average molecular weight is 519 g/mol. The second-order valence-corrected chi connectivity index (χ2v) is 10.2. The van der Waals surface area contributed by atoms with E-state index >= 15 is 0 Å². The van der Waals surface area contributed by atoms with Gasteiger partial charge < -0.3 is 5.32 Å². The number of aromatic nitrogens is 2. The summed E-state index contributed by atoms with van der Waals surface area (Å²) in [5.74, 6) is -0.890. The van der Waals surface area contributed by atoms with Gasteiger partial charge in [-0.15, -0.1) is 11.3 Å². The van der Waals surface area contributed by atoms with E-state index in [1.54, 1.807) is 37.0 Å². The topological polar surface area (TPSA) is 67.2 Å². The fraction of sp³-hybridized carbons (Fsp3) is 0.423. The molecule has 2 heterocycles. The Morgan fingerprint density at radius 2 is 1.94 bits per heavy atom. The number of benzene rings is 1. The van der Waals surface area contributed by atoms with E-state index in [-0.39, 0.29) is 18.2 Å². The Bertz CT molecular complexity index is 1200. The highest BCUT2D eigenvalue weighted by Crippen LogP contribution is 2.36. The van der Waals surface area contributed by atoms with E-state index in [1.165, 1.54) is 28.4 Å². The molecule has 2 aromatic heterocycles. The molecular weight excluding hydrogens is 489 g/mol. The number of rotatable bonds is 7. The number of amides is 2. The minimum atomic E-state index is -4.59. The van der Waals surface area contributed by atoms with Crippen molar-refractivity contribution in [1.29, 1.82) is 0 Å². The Balaban J connectivity index is 1.81. The molecule has 10 heteroatoms. The molecule has 4 rings (SSSR count). The van der Waals surface area contributed by atoms with Crippen LogP contribution >= 0.6 is 11.3 Å². The summed E-state index contributed by atoms with van der Waals surface area (Å²) in [7, 11) is 1.70. The fourth-order valence-electron chi connectivity index (χ4n) is 4.73. The number of nitrogens with one attached hydrogen (secondary N) is 1. The monoisotopic (exact) mass is 518 g/mol. The van der Waals surface area contributed by atoms with Gasteiger partial charge in [0, 0.05) is 35.4 Å². The van der Waals surface area contributed by atoms with Crippen molar-refractivity contribution in [3.63, 3.8) is 0 Å². The Hall–Kier alpha value is -3.14. The molecule has 0 bridgehead atoms. The van der Waals surface area contributed by atoms with E-state index < -0.39 is 29.6 Å². The number of aryl methyl sites for hydroxylation is 2. The molecule has 6 nitrogen and oxygen atoms in total. The Labute approximate surface area is 212 Å².